The molecule has 4 bridgehead atoms. The molecular formula is C36H40N4O9S. The number of fused-ring (bicyclic) bond motifs is 9. The van der Waals surface area contributed by atoms with Gasteiger partial charge >= 0.3 is 11.9 Å². The first kappa shape index (κ1) is 34.0. The zero-order chi connectivity index (χ0) is 35.6. The van der Waals surface area contributed by atoms with Gasteiger partial charge in [-0.1, -0.05) is 19.1 Å². The lowest BCUT2D eigenvalue weighted by Crippen LogP contribution is -2.70. The molecular weight excluding hydrogens is 664 g/mol. The van der Waals surface area contributed by atoms with Crippen LogP contribution in [0.3, 0.4) is 0 Å². The molecule has 50 heavy (non-hydrogen) atoms. The summed E-state index contributed by atoms with van der Waals surface area (Å²) in [5, 5.41) is 25.3. The second-order valence-corrected chi connectivity index (χ2v) is 14.3. The number of hydrogen-bond acceptors (Lipinski definition) is 13. The molecule has 2 saturated heterocycles. The summed E-state index contributed by atoms with van der Waals surface area (Å²) in [6.07, 6.45) is 2.44. The summed E-state index contributed by atoms with van der Waals surface area (Å²) < 4.78 is 29.8. The van der Waals surface area contributed by atoms with E-state index in [0.717, 1.165) is 11.1 Å². The standard InChI is InChI=1S/C36H40N4O9S/c1-7-9-39-21-11-19-10-16(3)31(45-6)30(43)25(19)28(39)29-35-27-26(34-33(47-15-48-34)17(4)32(27)49-18(5)41)23(40(29)22(21)12-37)13-46-36(44)20(14-50-35)38-24(42)8-2/h7,10,20-23,28-29,35,43H,1,8-9,11,13-15H2,2-6H3,(H,38,42)/t20?,21-,22+,23+,28-,29-,35-/m1/s1. The van der Waals surface area contributed by atoms with E-state index < -0.39 is 47.4 Å². The molecule has 5 heterocycles. The maximum atomic E-state index is 13.6. The summed E-state index contributed by atoms with van der Waals surface area (Å²) in [6, 6.07) is 0.821. The zero-order valence-corrected chi connectivity index (χ0v) is 29.4. The Morgan fingerprint density at radius 3 is 2.64 bits per heavy atom. The van der Waals surface area contributed by atoms with E-state index in [4.69, 9.17) is 23.7 Å². The predicted molar refractivity (Wildman–Crippen MR) is 181 cm³/mol. The fourth-order valence-corrected chi connectivity index (χ4v) is 10.1. The predicted octanol–water partition coefficient (Wildman–Crippen LogP) is 3.68. The average Bonchev–Trinajstić information content (AvgIpc) is 3.58. The Morgan fingerprint density at radius 1 is 1.20 bits per heavy atom. The minimum atomic E-state index is -0.960. The van der Waals surface area contributed by atoms with Crippen LogP contribution in [0.25, 0.3) is 0 Å². The molecule has 0 saturated carbocycles. The molecule has 13 nitrogen and oxygen atoms in total. The van der Waals surface area contributed by atoms with Gasteiger partial charge in [0.1, 0.15) is 24.4 Å². The number of esters is 2. The number of carbonyl (C=O) groups excluding carboxylic acids is 3. The van der Waals surface area contributed by atoms with Crippen molar-refractivity contribution in [2.75, 3.05) is 32.8 Å². The van der Waals surface area contributed by atoms with Crippen molar-refractivity contribution in [3.05, 3.63) is 52.1 Å². The molecule has 0 aromatic heterocycles. The van der Waals surface area contributed by atoms with Crippen LogP contribution in [0.1, 0.15) is 71.0 Å². The van der Waals surface area contributed by atoms with Crippen molar-refractivity contribution in [1.29, 1.82) is 5.26 Å². The SMILES string of the molecule is C=CCN1[C@@H]2Cc3cc(C)c(OC)c(O)c3[C@@H]1[C@@H]1[C@@H]3SCC(NC(=O)CC)C(=O)OC[C@@H](c4c5c(c(C)c(OC(C)=O)c43)OCO5)N1[C@H]2C#N. The van der Waals surface area contributed by atoms with Gasteiger partial charge in [0.25, 0.3) is 0 Å². The molecule has 1 amide bonds. The molecule has 2 fully saturated rings. The fraction of sp³-hybridized carbons (Fsp3) is 0.500. The number of ether oxygens (including phenoxy) is 5. The molecule has 5 aliphatic heterocycles. The van der Waals surface area contributed by atoms with Crippen molar-refractivity contribution in [1.82, 2.24) is 15.1 Å². The van der Waals surface area contributed by atoms with Crippen molar-refractivity contribution < 1.29 is 43.2 Å². The third-order valence-electron chi connectivity index (χ3n) is 10.5. The molecule has 0 radical (unpaired) electrons. The number of nitrogens with one attached hydrogen (secondary N) is 1. The molecule has 2 aromatic rings. The number of thioether (sulfide) groups is 1. The molecule has 14 heteroatoms. The summed E-state index contributed by atoms with van der Waals surface area (Å²) in [4.78, 5) is 43.3. The largest absolute Gasteiger partial charge is 0.504 e. The number of hydrogen-bond donors (Lipinski definition) is 2. The van der Waals surface area contributed by atoms with E-state index in [1.54, 1.807) is 19.9 Å². The number of rotatable bonds is 6. The summed E-state index contributed by atoms with van der Waals surface area (Å²) in [6.45, 7) is 10.9. The monoisotopic (exact) mass is 704 g/mol. The van der Waals surface area contributed by atoms with Crippen LogP contribution >= 0.6 is 11.8 Å². The highest BCUT2D eigenvalue weighted by Gasteiger charge is 2.61. The van der Waals surface area contributed by atoms with Gasteiger partial charge in [0.2, 0.25) is 12.7 Å². The van der Waals surface area contributed by atoms with E-state index in [-0.39, 0.29) is 43.3 Å². The molecule has 2 aromatic carbocycles. The minimum Gasteiger partial charge on any atom is -0.504 e. The van der Waals surface area contributed by atoms with Crippen LogP contribution in [0.4, 0.5) is 0 Å². The molecule has 7 rings (SSSR count). The lowest BCUT2D eigenvalue weighted by molar-refractivity contribution is -0.153. The van der Waals surface area contributed by atoms with Crippen LogP contribution in [0, 0.1) is 25.2 Å². The Bertz CT molecular complexity index is 1840. The number of benzene rings is 2. The Kier molecular flexibility index (Phi) is 8.86. The van der Waals surface area contributed by atoms with Crippen LogP contribution < -0.4 is 24.3 Å². The zero-order valence-electron chi connectivity index (χ0n) is 28.6. The summed E-state index contributed by atoms with van der Waals surface area (Å²) in [7, 11) is 1.52. The smallest absolute Gasteiger partial charge is 0.329 e. The molecule has 5 aliphatic rings. The lowest BCUT2D eigenvalue weighted by atomic mass is 9.71. The van der Waals surface area contributed by atoms with Gasteiger partial charge in [-0.2, -0.15) is 5.26 Å². The van der Waals surface area contributed by atoms with Gasteiger partial charge < -0.3 is 34.1 Å². The van der Waals surface area contributed by atoms with E-state index in [0.29, 0.717) is 58.2 Å². The first-order valence-corrected chi connectivity index (χ1v) is 17.8. The number of piperazine rings is 1. The Morgan fingerprint density at radius 2 is 1.96 bits per heavy atom. The number of cyclic esters (lactones) is 1. The van der Waals surface area contributed by atoms with E-state index >= 15 is 0 Å². The lowest BCUT2D eigenvalue weighted by Gasteiger charge is -2.62. The highest BCUT2D eigenvalue weighted by Crippen LogP contribution is 2.64. The van der Waals surface area contributed by atoms with Crippen LogP contribution in [-0.4, -0.2) is 89.7 Å². The number of nitrogens with zero attached hydrogens (tertiary/aromatic N) is 3. The third kappa shape index (κ3) is 5.08. The molecule has 1 unspecified atom stereocenters. The van der Waals surface area contributed by atoms with Gasteiger partial charge in [-0.25, -0.2) is 4.79 Å². The number of phenolic OH excluding ortho intramolecular Hbond substituents is 1. The Labute approximate surface area is 294 Å². The average molecular weight is 705 g/mol. The van der Waals surface area contributed by atoms with Gasteiger partial charge in [0.05, 0.1) is 30.5 Å². The Hall–Kier alpha value is -4.45. The van der Waals surface area contributed by atoms with Crippen molar-refractivity contribution in [2.24, 2.45) is 0 Å². The van der Waals surface area contributed by atoms with Gasteiger partial charge in [-0.15, -0.1) is 18.3 Å². The molecule has 0 spiro atoms. The normalized spacial score (nSPS) is 27.9. The quantitative estimate of drug-likeness (QED) is 0.255. The first-order valence-electron chi connectivity index (χ1n) is 16.7. The number of amides is 1. The van der Waals surface area contributed by atoms with Crippen molar-refractivity contribution in [3.63, 3.8) is 0 Å². The molecule has 0 aliphatic carbocycles. The third-order valence-corrected chi connectivity index (χ3v) is 11.9. The van der Waals surface area contributed by atoms with Crippen molar-refractivity contribution in [2.45, 2.75) is 82.0 Å². The fourth-order valence-electron chi connectivity index (χ4n) is 8.61. The summed E-state index contributed by atoms with van der Waals surface area (Å²) in [5.41, 5.74) is 4.23. The Balaban J connectivity index is 1.55. The van der Waals surface area contributed by atoms with Crippen LogP contribution in [-0.2, 0) is 25.5 Å². The molecule has 2 N–H and O–H groups in total. The first-order chi connectivity index (χ1) is 24.1. The number of phenols is 1. The minimum absolute atomic E-state index is 0.0233. The van der Waals surface area contributed by atoms with Gasteiger partial charge in [0, 0.05) is 60.0 Å². The number of methoxy groups -OCH3 is 1. The van der Waals surface area contributed by atoms with Crippen LogP contribution in [0.15, 0.2) is 18.7 Å². The van der Waals surface area contributed by atoms with E-state index in [1.165, 1.54) is 25.8 Å². The number of nitriles is 1. The topological polar surface area (TPSA) is 160 Å². The summed E-state index contributed by atoms with van der Waals surface area (Å²) >= 11 is 1.40. The summed E-state index contributed by atoms with van der Waals surface area (Å²) in [5.74, 6) is 0.266. The van der Waals surface area contributed by atoms with Gasteiger partial charge in [-0.05, 0) is 31.4 Å². The second-order valence-electron chi connectivity index (χ2n) is 13.2. The number of carbonyl (C=O) groups is 3. The van der Waals surface area contributed by atoms with E-state index in [2.05, 4.69) is 27.8 Å². The highest BCUT2D eigenvalue weighted by atomic mass is 32.2. The maximum absolute atomic E-state index is 13.6. The van der Waals surface area contributed by atoms with Crippen molar-refractivity contribution >= 4 is 29.6 Å². The van der Waals surface area contributed by atoms with Crippen LogP contribution in [0.2, 0.25) is 0 Å². The maximum Gasteiger partial charge on any atom is 0.329 e. The molecule has 264 valence electrons. The van der Waals surface area contributed by atoms with E-state index in [1.807, 2.05) is 13.0 Å². The van der Waals surface area contributed by atoms with Gasteiger partial charge in [-0.3, -0.25) is 19.4 Å². The number of aromatic hydroxyl groups is 1. The van der Waals surface area contributed by atoms with Crippen molar-refractivity contribution in [3.8, 4) is 34.8 Å². The van der Waals surface area contributed by atoms with Gasteiger partial charge in [0.15, 0.2) is 23.0 Å². The van der Waals surface area contributed by atoms with Crippen LogP contribution in [0.5, 0.6) is 28.7 Å². The molecule has 7 atom stereocenters. The second kappa shape index (κ2) is 13.0. The number of aryl methyl sites for hydroxylation is 1. The highest BCUT2D eigenvalue weighted by molar-refractivity contribution is 7.99. The van der Waals surface area contributed by atoms with E-state index in [9.17, 15) is 24.8 Å².